The molecule has 16 heavy (non-hydrogen) atoms. The van der Waals surface area contributed by atoms with Gasteiger partial charge in [0.15, 0.2) is 0 Å². The first kappa shape index (κ1) is 9.78. The zero-order valence-corrected chi connectivity index (χ0v) is 9.22. The number of hydrogen-bond donors (Lipinski definition) is 0. The third kappa shape index (κ3) is 1.69. The number of epoxide rings is 1. The highest BCUT2D eigenvalue weighted by Crippen LogP contribution is 2.31. The lowest BCUT2D eigenvalue weighted by atomic mass is 10.1. The second kappa shape index (κ2) is 3.56. The van der Waals surface area contributed by atoms with Crippen molar-refractivity contribution in [3.8, 4) is 0 Å². The molecule has 2 aliphatic rings. The Hall–Kier alpha value is -1.42. The van der Waals surface area contributed by atoms with E-state index in [0.717, 1.165) is 25.1 Å². The molecule has 4 heteroatoms. The van der Waals surface area contributed by atoms with E-state index in [1.54, 1.807) is 12.4 Å². The van der Waals surface area contributed by atoms with Crippen molar-refractivity contribution in [3.63, 3.8) is 0 Å². The number of ether oxygens (including phenoxy) is 1. The van der Waals surface area contributed by atoms with Crippen molar-refractivity contribution >= 4 is 5.91 Å². The maximum absolute atomic E-state index is 12.1. The van der Waals surface area contributed by atoms with E-state index in [9.17, 15) is 4.79 Å². The molecule has 3 rings (SSSR count). The van der Waals surface area contributed by atoms with Gasteiger partial charge in [0.25, 0.3) is 5.91 Å². The van der Waals surface area contributed by atoms with Crippen LogP contribution in [0.1, 0.15) is 22.3 Å². The van der Waals surface area contributed by atoms with Crippen molar-refractivity contribution in [2.45, 2.75) is 25.6 Å². The van der Waals surface area contributed by atoms with Crippen LogP contribution in [0.25, 0.3) is 0 Å². The molecule has 0 saturated carbocycles. The van der Waals surface area contributed by atoms with Crippen LogP contribution < -0.4 is 0 Å². The van der Waals surface area contributed by atoms with Crippen molar-refractivity contribution in [2.24, 2.45) is 0 Å². The second-order valence-corrected chi connectivity index (χ2v) is 4.50. The van der Waals surface area contributed by atoms with Gasteiger partial charge < -0.3 is 9.64 Å². The Bertz CT molecular complexity index is 433. The highest BCUT2D eigenvalue weighted by molar-refractivity contribution is 5.94. The quantitative estimate of drug-likeness (QED) is 0.661. The van der Waals surface area contributed by atoms with Crippen molar-refractivity contribution in [2.75, 3.05) is 13.1 Å². The van der Waals surface area contributed by atoms with Gasteiger partial charge >= 0.3 is 0 Å². The molecule has 0 N–H and O–H groups in total. The second-order valence-electron chi connectivity index (χ2n) is 4.50. The van der Waals surface area contributed by atoms with Crippen LogP contribution in [0, 0.1) is 6.92 Å². The Morgan fingerprint density at radius 2 is 2.38 bits per heavy atom. The number of fused-ring (bicyclic) bond motifs is 1. The molecule has 1 aromatic heterocycles. The summed E-state index contributed by atoms with van der Waals surface area (Å²) in [6.07, 6.45) is 5.06. The van der Waals surface area contributed by atoms with E-state index >= 15 is 0 Å². The summed E-state index contributed by atoms with van der Waals surface area (Å²) >= 11 is 0. The van der Waals surface area contributed by atoms with Crippen LogP contribution in [0.4, 0.5) is 0 Å². The molecule has 0 aliphatic carbocycles. The molecule has 0 unspecified atom stereocenters. The minimum Gasteiger partial charge on any atom is -0.368 e. The van der Waals surface area contributed by atoms with Crippen LogP contribution in [-0.4, -0.2) is 41.1 Å². The maximum Gasteiger partial charge on any atom is 0.255 e. The first-order chi connectivity index (χ1) is 7.74. The molecule has 0 bridgehead atoms. The zero-order valence-electron chi connectivity index (χ0n) is 9.22. The smallest absolute Gasteiger partial charge is 0.255 e. The molecular weight excluding hydrogens is 204 g/mol. The predicted octanol–water partition coefficient (Wildman–Crippen LogP) is 1.00. The van der Waals surface area contributed by atoms with Gasteiger partial charge in [-0.15, -0.1) is 0 Å². The number of nitrogens with zero attached hydrogens (tertiary/aromatic N) is 2. The summed E-state index contributed by atoms with van der Waals surface area (Å²) in [6, 6.07) is 1.88. The molecule has 4 nitrogen and oxygen atoms in total. The topological polar surface area (TPSA) is 45.7 Å². The standard InChI is InChI=1S/C12H14N2O2/c1-8-4-9(6-13-5-8)12(15)14-3-2-10-11(7-14)16-10/h4-6,10-11H,2-3,7H2,1H3/t10-,11-/m1/s1. The minimum atomic E-state index is 0.0742. The first-order valence-electron chi connectivity index (χ1n) is 5.60. The summed E-state index contributed by atoms with van der Waals surface area (Å²) in [6.45, 7) is 3.48. The molecule has 2 fully saturated rings. The molecule has 2 atom stereocenters. The number of carbonyl (C=O) groups is 1. The van der Waals surface area contributed by atoms with Gasteiger partial charge in [0.2, 0.25) is 0 Å². The lowest BCUT2D eigenvalue weighted by molar-refractivity contribution is 0.0736. The fraction of sp³-hybridized carbons (Fsp3) is 0.500. The van der Waals surface area contributed by atoms with Gasteiger partial charge in [0.05, 0.1) is 11.7 Å². The predicted molar refractivity (Wildman–Crippen MR) is 58.2 cm³/mol. The third-order valence-electron chi connectivity index (χ3n) is 3.18. The largest absolute Gasteiger partial charge is 0.368 e. The lowest BCUT2D eigenvalue weighted by Gasteiger charge is -2.24. The molecule has 0 radical (unpaired) electrons. The van der Waals surface area contributed by atoms with Crippen molar-refractivity contribution in [1.29, 1.82) is 0 Å². The molecule has 2 saturated heterocycles. The number of piperidine rings is 1. The molecule has 2 aliphatic heterocycles. The number of hydrogen-bond acceptors (Lipinski definition) is 3. The molecule has 1 amide bonds. The van der Waals surface area contributed by atoms with E-state index in [1.807, 2.05) is 17.9 Å². The summed E-state index contributed by atoms with van der Waals surface area (Å²) in [5, 5.41) is 0. The Labute approximate surface area is 94.2 Å². The van der Waals surface area contributed by atoms with Gasteiger partial charge in [-0.3, -0.25) is 9.78 Å². The number of likely N-dealkylation sites (tertiary alicyclic amines) is 1. The fourth-order valence-corrected chi connectivity index (χ4v) is 2.22. The van der Waals surface area contributed by atoms with Gasteiger partial charge in [-0.1, -0.05) is 0 Å². The lowest BCUT2D eigenvalue weighted by Crippen LogP contribution is -2.39. The average molecular weight is 218 g/mol. The fourth-order valence-electron chi connectivity index (χ4n) is 2.22. The number of aromatic nitrogens is 1. The average Bonchev–Trinajstić information content (AvgIpc) is 3.06. The number of amides is 1. The van der Waals surface area contributed by atoms with E-state index in [0.29, 0.717) is 11.7 Å². The minimum absolute atomic E-state index is 0.0742. The van der Waals surface area contributed by atoms with Crippen LogP contribution in [-0.2, 0) is 4.74 Å². The summed E-state index contributed by atoms with van der Waals surface area (Å²) in [5.41, 5.74) is 1.70. The number of rotatable bonds is 1. The van der Waals surface area contributed by atoms with E-state index in [4.69, 9.17) is 4.74 Å². The highest BCUT2D eigenvalue weighted by atomic mass is 16.6. The Morgan fingerprint density at radius 3 is 3.12 bits per heavy atom. The van der Waals surface area contributed by atoms with Gasteiger partial charge in [-0.25, -0.2) is 0 Å². The van der Waals surface area contributed by atoms with Gasteiger partial charge in [0, 0.05) is 25.5 Å². The molecular formula is C12H14N2O2. The van der Waals surface area contributed by atoms with Gasteiger partial charge in [0.1, 0.15) is 6.10 Å². The Kier molecular flexibility index (Phi) is 2.17. The van der Waals surface area contributed by atoms with Crippen LogP contribution in [0.2, 0.25) is 0 Å². The molecule has 84 valence electrons. The van der Waals surface area contributed by atoms with Crippen LogP contribution in [0.5, 0.6) is 0 Å². The Morgan fingerprint density at radius 1 is 1.50 bits per heavy atom. The molecule has 3 heterocycles. The molecule has 0 spiro atoms. The summed E-state index contributed by atoms with van der Waals surface area (Å²) in [7, 11) is 0. The zero-order chi connectivity index (χ0) is 11.1. The first-order valence-corrected chi connectivity index (χ1v) is 5.60. The van der Waals surface area contributed by atoms with Gasteiger partial charge in [-0.2, -0.15) is 0 Å². The van der Waals surface area contributed by atoms with Crippen molar-refractivity contribution < 1.29 is 9.53 Å². The van der Waals surface area contributed by atoms with E-state index in [1.165, 1.54) is 0 Å². The summed E-state index contributed by atoms with van der Waals surface area (Å²) in [4.78, 5) is 18.1. The maximum atomic E-state index is 12.1. The van der Waals surface area contributed by atoms with Gasteiger partial charge in [-0.05, 0) is 25.0 Å². The van der Waals surface area contributed by atoms with E-state index in [-0.39, 0.29) is 12.0 Å². The summed E-state index contributed by atoms with van der Waals surface area (Å²) in [5.74, 6) is 0.0742. The number of aryl methyl sites for hydroxylation is 1. The monoisotopic (exact) mass is 218 g/mol. The molecule has 1 aromatic rings. The Balaban J connectivity index is 1.76. The SMILES string of the molecule is Cc1cncc(C(=O)N2CC[C@H]3O[C@@H]3C2)c1. The number of pyridine rings is 1. The summed E-state index contributed by atoms with van der Waals surface area (Å²) < 4.78 is 5.41. The van der Waals surface area contributed by atoms with Crippen molar-refractivity contribution in [3.05, 3.63) is 29.6 Å². The van der Waals surface area contributed by atoms with E-state index < -0.39 is 0 Å². The van der Waals surface area contributed by atoms with E-state index in [2.05, 4.69) is 4.98 Å². The van der Waals surface area contributed by atoms with Crippen molar-refractivity contribution in [1.82, 2.24) is 9.88 Å². The third-order valence-corrected chi connectivity index (χ3v) is 3.18. The molecule has 0 aromatic carbocycles. The number of carbonyl (C=O) groups excluding carboxylic acids is 1. The normalized spacial score (nSPS) is 27.4. The highest BCUT2D eigenvalue weighted by Gasteiger charge is 2.44. The van der Waals surface area contributed by atoms with Crippen LogP contribution >= 0.6 is 0 Å². The van der Waals surface area contributed by atoms with Crippen LogP contribution in [0.15, 0.2) is 18.5 Å². The van der Waals surface area contributed by atoms with Crippen LogP contribution in [0.3, 0.4) is 0 Å².